The molecule has 12 heavy (non-hydrogen) atoms. The van der Waals surface area contributed by atoms with E-state index in [1.165, 1.54) is 0 Å². The predicted octanol–water partition coefficient (Wildman–Crippen LogP) is 1.64. The van der Waals surface area contributed by atoms with Gasteiger partial charge in [-0.1, -0.05) is 23.8 Å². The van der Waals surface area contributed by atoms with Gasteiger partial charge in [0.1, 0.15) is 0 Å². The van der Waals surface area contributed by atoms with Crippen molar-refractivity contribution in [3.05, 3.63) is 23.8 Å². The molecular formula is C10H18O2. The predicted molar refractivity (Wildman–Crippen MR) is 50.9 cm³/mol. The lowest BCUT2D eigenvalue weighted by Gasteiger charge is -2.09. The van der Waals surface area contributed by atoms with Crippen LogP contribution in [-0.2, 0) is 0 Å². The first-order valence-corrected chi connectivity index (χ1v) is 4.14. The summed E-state index contributed by atoms with van der Waals surface area (Å²) in [4.78, 5) is 0. The smallest absolute Gasteiger partial charge is 0.0774 e. The van der Waals surface area contributed by atoms with Gasteiger partial charge in [0.2, 0.25) is 0 Å². The van der Waals surface area contributed by atoms with Gasteiger partial charge in [0, 0.05) is 6.61 Å². The van der Waals surface area contributed by atoms with E-state index in [1.807, 2.05) is 19.1 Å². The van der Waals surface area contributed by atoms with E-state index in [0.29, 0.717) is 6.42 Å². The van der Waals surface area contributed by atoms with Crippen LogP contribution in [0.3, 0.4) is 0 Å². The van der Waals surface area contributed by atoms with Gasteiger partial charge in [-0.25, -0.2) is 0 Å². The van der Waals surface area contributed by atoms with Crippen LogP contribution in [-0.4, -0.2) is 22.4 Å². The third-order valence-electron chi connectivity index (χ3n) is 1.39. The van der Waals surface area contributed by atoms with Crippen LogP contribution >= 0.6 is 0 Å². The molecule has 0 saturated heterocycles. The highest BCUT2D eigenvalue weighted by Crippen LogP contribution is 2.04. The molecule has 2 nitrogen and oxygen atoms in total. The molecule has 0 amide bonds. The molecule has 0 aromatic heterocycles. The fourth-order valence-corrected chi connectivity index (χ4v) is 0.708. The third kappa shape index (κ3) is 7.51. The fourth-order valence-electron chi connectivity index (χ4n) is 0.708. The molecule has 0 aliphatic rings. The molecule has 0 fully saturated rings. The maximum absolute atomic E-state index is 9.29. The van der Waals surface area contributed by atoms with E-state index in [-0.39, 0.29) is 6.61 Å². The van der Waals surface area contributed by atoms with Gasteiger partial charge in [-0.15, -0.1) is 0 Å². The molecule has 0 unspecified atom stereocenters. The summed E-state index contributed by atoms with van der Waals surface area (Å²) < 4.78 is 0. The molecule has 0 atom stereocenters. The van der Waals surface area contributed by atoms with Crippen LogP contribution in [0.4, 0.5) is 0 Å². The highest BCUT2D eigenvalue weighted by atomic mass is 16.3. The number of rotatable bonds is 4. The Hall–Kier alpha value is -0.600. The van der Waals surface area contributed by atoms with E-state index in [4.69, 9.17) is 5.11 Å². The van der Waals surface area contributed by atoms with Crippen molar-refractivity contribution in [3.8, 4) is 0 Å². The number of aliphatic hydroxyl groups is 2. The minimum atomic E-state index is -0.754. The standard InChI is InChI=1S/C10H18O2/c1-9(6-8-11)5-4-7-10(2,3)12/h4-5,7,11-12H,6,8H2,1-3H3/b7-4+,9-5+. The van der Waals surface area contributed by atoms with Crippen molar-refractivity contribution in [1.82, 2.24) is 0 Å². The van der Waals surface area contributed by atoms with Crippen molar-refractivity contribution in [3.63, 3.8) is 0 Å². The summed E-state index contributed by atoms with van der Waals surface area (Å²) in [7, 11) is 0. The van der Waals surface area contributed by atoms with Gasteiger partial charge >= 0.3 is 0 Å². The summed E-state index contributed by atoms with van der Waals surface area (Å²) >= 11 is 0. The Labute approximate surface area is 74.2 Å². The van der Waals surface area contributed by atoms with Gasteiger partial charge in [-0.2, -0.15) is 0 Å². The Morgan fingerprint density at radius 3 is 2.42 bits per heavy atom. The summed E-state index contributed by atoms with van der Waals surface area (Å²) in [5.74, 6) is 0. The molecule has 0 saturated carbocycles. The largest absolute Gasteiger partial charge is 0.396 e. The molecule has 2 heteroatoms. The number of allylic oxidation sites excluding steroid dienone is 2. The van der Waals surface area contributed by atoms with Crippen molar-refractivity contribution in [2.24, 2.45) is 0 Å². The Bertz CT molecular complexity index is 173. The molecule has 0 aromatic rings. The van der Waals surface area contributed by atoms with Gasteiger partial charge in [-0.3, -0.25) is 0 Å². The first kappa shape index (κ1) is 11.4. The van der Waals surface area contributed by atoms with Gasteiger partial charge in [-0.05, 0) is 27.2 Å². The molecule has 0 aliphatic heterocycles. The van der Waals surface area contributed by atoms with Gasteiger partial charge < -0.3 is 10.2 Å². The second-order valence-corrected chi connectivity index (χ2v) is 3.50. The molecule has 0 bridgehead atoms. The minimum Gasteiger partial charge on any atom is -0.396 e. The fraction of sp³-hybridized carbons (Fsp3) is 0.600. The minimum absolute atomic E-state index is 0.179. The van der Waals surface area contributed by atoms with Crippen LogP contribution in [0.5, 0.6) is 0 Å². The van der Waals surface area contributed by atoms with Gasteiger partial charge in [0.15, 0.2) is 0 Å². The van der Waals surface area contributed by atoms with Crippen molar-refractivity contribution in [2.75, 3.05) is 6.61 Å². The lowest BCUT2D eigenvalue weighted by atomic mass is 10.1. The zero-order valence-electron chi connectivity index (χ0n) is 8.04. The monoisotopic (exact) mass is 170 g/mol. The van der Waals surface area contributed by atoms with Crippen LogP contribution in [0.1, 0.15) is 27.2 Å². The Kier molecular flexibility index (Phi) is 4.86. The summed E-state index contributed by atoms with van der Waals surface area (Å²) in [5.41, 5.74) is 0.355. The molecule has 0 aromatic carbocycles. The van der Waals surface area contributed by atoms with E-state index in [9.17, 15) is 5.11 Å². The maximum atomic E-state index is 9.29. The van der Waals surface area contributed by atoms with Crippen LogP contribution in [0.15, 0.2) is 23.8 Å². The second-order valence-electron chi connectivity index (χ2n) is 3.50. The van der Waals surface area contributed by atoms with E-state index in [2.05, 4.69) is 0 Å². The normalized spacial score (nSPS) is 14.2. The average molecular weight is 170 g/mol. The Morgan fingerprint density at radius 2 is 2.00 bits per heavy atom. The van der Waals surface area contributed by atoms with Crippen molar-refractivity contribution in [2.45, 2.75) is 32.8 Å². The van der Waals surface area contributed by atoms with Crippen molar-refractivity contribution < 1.29 is 10.2 Å². The first-order chi connectivity index (χ1) is 5.45. The highest BCUT2D eigenvalue weighted by molar-refractivity contribution is 5.13. The highest BCUT2D eigenvalue weighted by Gasteiger charge is 2.04. The topological polar surface area (TPSA) is 40.5 Å². The SMILES string of the molecule is C/C(=C\C=C\C(C)(C)O)CCO. The molecule has 0 rings (SSSR count). The van der Waals surface area contributed by atoms with E-state index in [0.717, 1.165) is 5.57 Å². The summed E-state index contributed by atoms with van der Waals surface area (Å²) in [6.07, 6.45) is 6.11. The summed E-state index contributed by atoms with van der Waals surface area (Å²) in [6, 6.07) is 0. The zero-order chi connectivity index (χ0) is 9.61. The number of hydrogen-bond donors (Lipinski definition) is 2. The third-order valence-corrected chi connectivity index (χ3v) is 1.39. The van der Waals surface area contributed by atoms with Crippen molar-refractivity contribution in [1.29, 1.82) is 0 Å². The molecule has 2 N–H and O–H groups in total. The first-order valence-electron chi connectivity index (χ1n) is 4.14. The second kappa shape index (κ2) is 5.12. The molecule has 0 spiro atoms. The molecule has 0 aliphatic carbocycles. The molecule has 0 heterocycles. The zero-order valence-corrected chi connectivity index (χ0v) is 8.04. The molecule has 70 valence electrons. The Balaban J connectivity index is 3.94. The molecular weight excluding hydrogens is 152 g/mol. The number of aliphatic hydroxyl groups excluding tert-OH is 1. The van der Waals surface area contributed by atoms with Gasteiger partial charge in [0.05, 0.1) is 5.60 Å². The van der Waals surface area contributed by atoms with Crippen LogP contribution < -0.4 is 0 Å². The van der Waals surface area contributed by atoms with Gasteiger partial charge in [0.25, 0.3) is 0 Å². The van der Waals surface area contributed by atoms with Crippen LogP contribution in [0.2, 0.25) is 0 Å². The maximum Gasteiger partial charge on any atom is 0.0774 e. The lowest BCUT2D eigenvalue weighted by Crippen LogP contribution is -2.13. The van der Waals surface area contributed by atoms with E-state index in [1.54, 1.807) is 19.9 Å². The summed E-state index contributed by atoms with van der Waals surface area (Å²) in [6.45, 7) is 5.57. The molecule has 0 radical (unpaired) electrons. The van der Waals surface area contributed by atoms with Crippen molar-refractivity contribution >= 4 is 0 Å². The lowest BCUT2D eigenvalue weighted by molar-refractivity contribution is 0.133. The number of hydrogen-bond acceptors (Lipinski definition) is 2. The summed E-state index contributed by atoms with van der Waals surface area (Å²) in [5, 5.41) is 17.9. The Morgan fingerprint density at radius 1 is 1.42 bits per heavy atom. The van der Waals surface area contributed by atoms with E-state index < -0.39 is 5.60 Å². The van der Waals surface area contributed by atoms with E-state index >= 15 is 0 Å². The van der Waals surface area contributed by atoms with Crippen LogP contribution in [0, 0.1) is 0 Å². The van der Waals surface area contributed by atoms with Crippen LogP contribution in [0.25, 0.3) is 0 Å². The quantitative estimate of drug-likeness (QED) is 0.630. The average Bonchev–Trinajstić information content (AvgIpc) is 1.84.